The van der Waals surface area contributed by atoms with E-state index in [-0.39, 0.29) is 5.56 Å². The third kappa shape index (κ3) is 4.26. The molecule has 2 nitrogen and oxygen atoms in total. The van der Waals surface area contributed by atoms with E-state index in [2.05, 4.69) is 4.74 Å². The van der Waals surface area contributed by atoms with Crippen LogP contribution in [0.15, 0.2) is 24.3 Å². The summed E-state index contributed by atoms with van der Waals surface area (Å²) in [6.07, 6.45) is -5.42. The van der Waals surface area contributed by atoms with Crippen LogP contribution in [0, 0.1) is 0 Å². The fourth-order valence-electron chi connectivity index (χ4n) is 1.27. The predicted molar refractivity (Wildman–Crippen MR) is 57.0 cm³/mol. The summed E-state index contributed by atoms with van der Waals surface area (Å²) in [7, 11) is 1.23. The molecule has 1 aromatic rings. The summed E-state index contributed by atoms with van der Waals surface area (Å²) < 4.78 is 40.8. The van der Waals surface area contributed by atoms with Crippen LogP contribution in [-0.2, 0) is 4.74 Å². The van der Waals surface area contributed by atoms with Gasteiger partial charge in [0.25, 0.3) is 0 Å². The van der Waals surface area contributed by atoms with Crippen LogP contribution in [0.4, 0.5) is 13.2 Å². The molecule has 94 valence electrons. The zero-order valence-corrected chi connectivity index (χ0v) is 9.68. The van der Waals surface area contributed by atoms with E-state index >= 15 is 0 Å². The van der Waals surface area contributed by atoms with Gasteiger partial charge in [0.05, 0.1) is 24.5 Å². The third-order valence-electron chi connectivity index (χ3n) is 2.10. The van der Waals surface area contributed by atoms with E-state index in [1.165, 1.54) is 31.4 Å². The molecule has 1 aromatic carbocycles. The molecule has 1 unspecified atom stereocenters. The maximum absolute atomic E-state index is 12.1. The topological polar surface area (TPSA) is 26.3 Å². The van der Waals surface area contributed by atoms with E-state index in [1.54, 1.807) is 0 Å². The Kier molecular flexibility index (Phi) is 4.40. The lowest BCUT2D eigenvalue weighted by molar-refractivity contribution is -0.134. The Morgan fingerprint density at radius 1 is 1.35 bits per heavy atom. The predicted octanol–water partition coefficient (Wildman–Crippen LogP) is 3.71. The number of benzene rings is 1. The monoisotopic (exact) mass is 266 g/mol. The molecule has 0 spiro atoms. The van der Waals surface area contributed by atoms with Crippen molar-refractivity contribution in [1.29, 1.82) is 0 Å². The molecule has 0 fully saturated rings. The minimum absolute atomic E-state index is 0.270. The summed E-state index contributed by atoms with van der Waals surface area (Å²) in [6, 6.07) is 5.53. The Morgan fingerprint density at radius 3 is 2.29 bits per heavy atom. The van der Waals surface area contributed by atoms with Crippen LogP contribution in [-0.4, -0.2) is 19.3 Å². The second-order valence-corrected chi connectivity index (χ2v) is 3.93. The second kappa shape index (κ2) is 5.40. The van der Waals surface area contributed by atoms with Crippen molar-refractivity contribution >= 4 is 17.6 Å². The first-order chi connectivity index (χ1) is 7.83. The first-order valence-electron chi connectivity index (χ1n) is 4.72. The first kappa shape index (κ1) is 13.8. The van der Waals surface area contributed by atoms with Crippen LogP contribution < -0.4 is 0 Å². The van der Waals surface area contributed by atoms with Gasteiger partial charge < -0.3 is 4.74 Å². The number of carbonyl (C=O) groups excluding carboxylic acids is 1. The zero-order chi connectivity index (χ0) is 13.1. The number of hydrogen-bond donors (Lipinski definition) is 0. The molecule has 0 saturated carbocycles. The Labute approximate surface area is 101 Å². The number of methoxy groups -OCH3 is 1. The maximum atomic E-state index is 12.1. The Hall–Kier alpha value is -1.23. The van der Waals surface area contributed by atoms with Gasteiger partial charge in [-0.15, -0.1) is 11.6 Å². The van der Waals surface area contributed by atoms with Crippen molar-refractivity contribution in [1.82, 2.24) is 0 Å². The van der Waals surface area contributed by atoms with Crippen molar-refractivity contribution < 1.29 is 22.7 Å². The van der Waals surface area contributed by atoms with E-state index in [9.17, 15) is 18.0 Å². The van der Waals surface area contributed by atoms with Crippen molar-refractivity contribution in [2.45, 2.75) is 18.0 Å². The Morgan fingerprint density at radius 2 is 1.88 bits per heavy atom. The van der Waals surface area contributed by atoms with Gasteiger partial charge in [0, 0.05) is 0 Å². The quantitative estimate of drug-likeness (QED) is 0.616. The van der Waals surface area contributed by atoms with Gasteiger partial charge in [0.15, 0.2) is 0 Å². The molecule has 0 saturated heterocycles. The van der Waals surface area contributed by atoms with Gasteiger partial charge >= 0.3 is 12.1 Å². The van der Waals surface area contributed by atoms with Crippen LogP contribution in [0.3, 0.4) is 0 Å². The van der Waals surface area contributed by atoms with Crippen molar-refractivity contribution in [2.24, 2.45) is 0 Å². The number of carbonyl (C=O) groups is 1. The molecule has 0 radical (unpaired) electrons. The molecule has 0 bridgehead atoms. The normalized spacial score (nSPS) is 13.2. The molecule has 0 aliphatic heterocycles. The van der Waals surface area contributed by atoms with E-state index in [4.69, 9.17) is 11.6 Å². The maximum Gasteiger partial charge on any atom is 0.390 e. The highest BCUT2D eigenvalue weighted by Crippen LogP contribution is 2.33. The fourth-order valence-corrected chi connectivity index (χ4v) is 1.59. The van der Waals surface area contributed by atoms with Crippen LogP contribution >= 0.6 is 11.6 Å². The van der Waals surface area contributed by atoms with Crippen LogP contribution in [0.1, 0.15) is 27.7 Å². The standard InChI is InChI=1S/C11H10ClF3O2/c1-17-10(16)8-4-2-7(3-5-8)9(12)6-11(13,14)15/h2-5,9H,6H2,1H3. The number of ether oxygens (including phenoxy) is 1. The Balaban J connectivity index is 2.77. The molecular formula is C11H10ClF3O2. The first-order valence-corrected chi connectivity index (χ1v) is 5.16. The lowest BCUT2D eigenvalue weighted by Gasteiger charge is -2.12. The second-order valence-electron chi connectivity index (χ2n) is 3.40. The molecule has 1 rings (SSSR count). The summed E-state index contributed by atoms with van der Waals surface area (Å²) in [5.41, 5.74) is 0.587. The zero-order valence-electron chi connectivity index (χ0n) is 8.92. The van der Waals surface area contributed by atoms with Crippen LogP contribution in [0.2, 0.25) is 0 Å². The highest BCUT2D eigenvalue weighted by atomic mass is 35.5. The minimum atomic E-state index is -4.31. The molecule has 0 N–H and O–H groups in total. The number of hydrogen-bond acceptors (Lipinski definition) is 2. The molecular weight excluding hydrogens is 257 g/mol. The van der Waals surface area contributed by atoms with E-state index in [1.807, 2.05) is 0 Å². The number of halogens is 4. The van der Waals surface area contributed by atoms with Crippen molar-refractivity contribution in [2.75, 3.05) is 7.11 Å². The average Bonchev–Trinajstić information content (AvgIpc) is 2.26. The SMILES string of the molecule is COC(=O)c1ccc(C(Cl)CC(F)(F)F)cc1. The number of esters is 1. The van der Waals surface area contributed by atoms with Gasteiger partial charge in [-0.05, 0) is 17.7 Å². The molecule has 17 heavy (non-hydrogen) atoms. The molecule has 0 aliphatic carbocycles. The van der Waals surface area contributed by atoms with E-state index < -0.39 is 23.9 Å². The van der Waals surface area contributed by atoms with E-state index in [0.29, 0.717) is 5.56 Å². The third-order valence-corrected chi connectivity index (χ3v) is 2.51. The summed E-state index contributed by atoms with van der Waals surface area (Å²) in [4.78, 5) is 11.1. The summed E-state index contributed by atoms with van der Waals surface area (Å²) in [5, 5.41) is -1.15. The smallest absolute Gasteiger partial charge is 0.390 e. The number of alkyl halides is 4. The van der Waals surface area contributed by atoms with Gasteiger partial charge in [-0.2, -0.15) is 13.2 Å². The largest absolute Gasteiger partial charge is 0.465 e. The lowest BCUT2D eigenvalue weighted by Crippen LogP contribution is -2.10. The summed E-state index contributed by atoms with van der Waals surface area (Å²) >= 11 is 5.62. The number of rotatable bonds is 3. The van der Waals surface area contributed by atoms with Crippen molar-refractivity contribution in [3.63, 3.8) is 0 Å². The summed E-state index contributed by atoms with van der Waals surface area (Å²) in [6.45, 7) is 0. The van der Waals surface area contributed by atoms with Gasteiger partial charge in [-0.3, -0.25) is 0 Å². The molecule has 0 aliphatic rings. The summed E-state index contributed by atoms with van der Waals surface area (Å²) in [5.74, 6) is -0.543. The van der Waals surface area contributed by atoms with Crippen LogP contribution in [0.5, 0.6) is 0 Å². The Bertz CT molecular complexity index is 387. The van der Waals surface area contributed by atoms with Gasteiger partial charge in [0.2, 0.25) is 0 Å². The molecule has 6 heteroatoms. The van der Waals surface area contributed by atoms with E-state index in [0.717, 1.165) is 0 Å². The molecule has 0 amide bonds. The van der Waals surface area contributed by atoms with Crippen LogP contribution in [0.25, 0.3) is 0 Å². The molecule has 0 aromatic heterocycles. The molecule has 1 atom stereocenters. The minimum Gasteiger partial charge on any atom is -0.465 e. The fraction of sp³-hybridized carbons (Fsp3) is 0.364. The van der Waals surface area contributed by atoms with Crippen molar-refractivity contribution in [3.8, 4) is 0 Å². The average molecular weight is 267 g/mol. The lowest BCUT2D eigenvalue weighted by atomic mass is 10.1. The van der Waals surface area contributed by atoms with Gasteiger partial charge in [-0.25, -0.2) is 4.79 Å². The van der Waals surface area contributed by atoms with Gasteiger partial charge in [-0.1, -0.05) is 12.1 Å². The molecule has 0 heterocycles. The highest BCUT2D eigenvalue weighted by Gasteiger charge is 2.31. The highest BCUT2D eigenvalue weighted by molar-refractivity contribution is 6.20. The van der Waals surface area contributed by atoms with Crippen molar-refractivity contribution in [3.05, 3.63) is 35.4 Å². The van der Waals surface area contributed by atoms with Gasteiger partial charge in [0.1, 0.15) is 0 Å².